The van der Waals surface area contributed by atoms with Gasteiger partial charge in [0.25, 0.3) is 0 Å². The van der Waals surface area contributed by atoms with Crippen LogP contribution in [-0.2, 0) is 9.59 Å². The van der Waals surface area contributed by atoms with Gasteiger partial charge < -0.3 is 16.8 Å². The van der Waals surface area contributed by atoms with Gasteiger partial charge in [-0.05, 0) is 25.3 Å². The first kappa shape index (κ1) is 19.8. The van der Waals surface area contributed by atoms with Crippen LogP contribution in [0.2, 0.25) is 0 Å². The lowest BCUT2D eigenvalue weighted by Gasteiger charge is -2.10. The number of rotatable bonds is 7. The minimum absolute atomic E-state index is 0.0219. The molecule has 0 spiro atoms. The molecule has 0 heterocycles. The first-order valence-electron chi connectivity index (χ1n) is 6.32. The van der Waals surface area contributed by atoms with Crippen LogP contribution >= 0.6 is 9.24 Å². The van der Waals surface area contributed by atoms with E-state index < -0.39 is 6.04 Å². The van der Waals surface area contributed by atoms with Crippen LogP contribution in [0, 0.1) is 5.92 Å². The first-order valence-corrected chi connectivity index (χ1v) is 6.90. The molecule has 0 aliphatic heterocycles. The van der Waals surface area contributed by atoms with E-state index in [0.717, 1.165) is 18.8 Å². The van der Waals surface area contributed by atoms with E-state index in [4.69, 9.17) is 11.5 Å². The number of hydrogen-bond donors (Lipinski definition) is 3. The molecule has 0 aliphatic rings. The molecule has 108 valence electrons. The van der Waals surface area contributed by atoms with Gasteiger partial charge in [0.05, 0.1) is 12.6 Å². The van der Waals surface area contributed by atoms with Crippen molar-refractivity contribution < 1.29 is 9.59 Å². The molecular weight excluding hydrogens is 249 g/mol. The summed E-state index contributed by atoms with van der Waals surface area (Å²) in [7, 11) is 1.99. The Labute approximate surface area is 113 Å². The van der Waals surface area contributed by atoms with Crippen molar-refractivity contribution in [1.82, 2.24) is 5.32 Å². The van der Waals surface area contributed by atoms with Gasteiger partial charge >= 0.3 is 0 Å². The van der Waals surface area contributed by atoms with Crippen LogP contribution in [0.1, 0.15) is 40.0 Å². The van der Waals surface area contributed by atoms with Crippen LogP contribution in [-0.4, -0.2) is 30.6 Å². The average molecular weight is 277 g/mol. The molecule has 5 nitrogen and oxygen atoms in total. The second-order valence-corrected chi connectivity index (χ2v) is 5.45. The Morgan fingerprint density at radius 2 is 1.72 bits per heavy atom. The second-order valence-electron chi connectivity index (χ2n) is 4.81. The summed E-state index contributed by atoms with van der Waals surface area (Å²) in [6.45, 7) is 7.13. The summed E-state index contributed by atoms with van der Waals surface area (Å²) >= 11 is 0. The van der Waals surface area contributed by atoms with Crippen molar-refractivity contribution in [3.8, 4) is 0 Å². The molecule has 6 heteroatoms. The Balaban J connectivity index is 0. The monoisotopic (exact) mass is 277 g/mol. The van der Waals surface area contributed by atoms with Crippen molar-refractivity contribution in [2.75, 3.05) is 13.1 Å². The summed E-state index contributed by atoms with van der Waals surface area (Å²) in [5.74, 6) is 0.554. The molecule has 2 unspecified atom stereocenters. The lowest BCUT2D eigenvalue weighted by atomic mass is 10.1. The largest absolute Gasteiger partial charge is 0.347 e. The number of nitrogens with two attached hydrogens (primary N) is 2. The molecular formula is C12H28N3O2P. The third-order valence-electron chi connectivity index (χ3n) is 1.74. The minimum atomic E-state index is -0.536. The Hall–Kier alpha value is -0.510. The molecule has 0 rings (SSSR count). The Morgan fingerprint density at radius 1 is 1.22 bits per heavy atom. The smallest absolute Gasteiger partial charge is 0.237 e. The minimum Gasteiger partial charge on any atom is -0.347 e. The number of unbranched alkanes of at least 4 members (excludes halogenated alkanes) is 1. The van der Waals surface area contributed by atoms with E-state index in [1.165, 1.54) is 0 Å². The maximum atomic E-state index is 11.2. The molecule has 0 aliphatic carbocycles. The second kappa shape index (κ2) is 12.9. The number of carbonyl (C=O) groups excluding carboxylic acids is 2. The standard InChI is InChI=1S/C8H18N3O2P.C4H10/c9-4-2-1-3-6(10)8(13)11-5-7(12)14;1-4(2)3/h6H,1-5,9-10,14H2,(H,11,13);4H,1-3H3. The topological polar surface area (TPSA) is 98.2 Å². The number of nitrogens with one attached hydrogen (secondary N) is 1. The third kappa shape index (κ3) is 17.9. The molecule has 0 saturated heterocycles. The van der Waals surface area contributed by atoms with Crippen molar-refractivity contribution in [1.29, 1.82) is 0 Å². The molecule has 0 aromatic rings. The highest BCUT2D eigenvalue weighted by molar-refractivity contribution is 7.40. The summed E-state index contributed by atoms with van der Waals surface area (Å²) < 4.78 is 0. The van der Waals surface area contributed by atoms with E-state index in [1.807, 2.05) is 9.24 Å². The van der Waals surface area contributed by atoms with E-state index in [1.54, 1.807) is 0 Å². The highest BCUT2D eigenvalue weighted by atomic mass is 31.0. The first-order chi connectivity index (χ1) is 8.31. The van der Waals surface area contributed by atoms with E-state index in [2.05, 4.69) is 26.1 Å². The Bertz CT molecular complexity index is 233. The van der Waals surface area contributed by atoms with Crippen molar-refractivity contribution in [3.63, 3.8) is 0 Å². The maximum absolute atomic E-state index is 11.2. The lowest BCUT2D eigenvalue weighted by molar-refractivity contribution is -0.124. The highest BCUT2D eigenvalue weighted by Crippen LogP contribution is 1.97. The van der Waals surface area contributed by atoms with Gasteiger partial charge in [-0.3, -0.25) is 9.59 Å². The van der Waals surface area contributed by atoms with Crippen molar-refractivity contribution >= 4 is 20.7 Å². The summed E-state index contributed by atoms with van der Waals surface area (Å²) in [5.41, 5.74) is 10.7. The van der Waals surface area contributed by atoms with Gasteiger partial charge in [-0.15, -0.1) is 0 Å². The van der Waals surface area contributed by atoms with Gasteiger partial charge in [-0.1, -0.05) is 36.4 Å². The molecule has 5 N–H and O–H groups in total. The fourth-order valence-electron chi connectivity index (χ4n) is 0.945. The summed E-state index contributed by atoms with van der Waals surface area (Å²) in [6, 6.07) is -0.536. The van der Waals surface area contributed by atoms with E-state index >= 15 is 0 Å². The van der Waals surface area contributed by atoms with Crippen LogP contribution in [0.4, 0.5) is 0 Å². The van der Waals surface area contributed by atoms with Crippen LogP contribution < -0.4 is 16.8 Å². The van der Waals surface area contributed by atoms with Crippen molar-refractivity contribution in [3.05, 3.63) is 0 Å². The fourth-order valence-corrected chi connectivity index (χ4v) is 1.05. The normalized spacial score (nSPS) is 11.5. The Kier molecular flexibility index (Phi) is 14.2. The zero-order valence-electron chi connectivity index (χ0n) is 11.7. The van der Waals surface area contributed by atoms with Gasteiger partial charge in [0.1, 0.15) is 0 Å². The molecule has 0 aromatic heterocycles. The summed E-state index contributed by atoms with van der Waals surface area (Å²) in [6.07, 6.45) is 2.30. The molecule has 0 radical (unpaired) electrons. The number of carbonyl (C=O) groups is 2. The van der Waals surface area contributed by atoms with Gasteiger partial charge in [-0.2, -0.15) is 0 Å². The van der Waals surface area contributed by atoms with Crippen LogP contribution in [0.15, 0.2) is 0 Å². The lowest BCUT2D eigenvalue weighted by Crippen LogP contribution is -2.41. The van der Waals surface area contributed by atoms with Crippen molar-refractivity contribution in [2.24, 2.45) is 17.4 Å². The quantitative estimate of drug-likeness (QED) is 0.469. The van der Waals surface area contributed by atoms with E-state index in [-0.39, 0.29) is 18.0 Å². The number of hydrogen-bond acceptors (Lipinski definition) is 4. The molecule has 18 heavy (non-hydrogen) atoms. The van der Waals surface area contributed by atoms with Crippen LogP contribution in [0.25, 0.3) is 0 Å². The fraction of sp³-hybridized carbons (Fsp3) is 0.833. The SMILES string of the molecule is CC(C)C.NCCCCC(N)C(=O)NCC(=O)P. The van der Waals surface area contributed by atoms with E-state index in [9.17, 15) is 9.59 Å². The van der Waals surface area contributed by atoms with Gasteiger partial charge in [0, 0.05) is 0 Å². The summed E-state index contributed by atoms with van der Waals surface area (Å²) in [4.78, 5) is 21.7. The molecule has 0 bridgehead atoms. The van der Waals surface area contributed by atoms with Crippen LogP contribution in [0.3, 0.4) is 0 Å². The molecule has 2 atom stereocenters. The number of amides is 1. The molecule has 1 amide bonds. The average Bonchev–Trinajstić information content (AvgIpc) is 2.25. The zero-order chi connectivity index (χ0) is 14.6. The molecule has 0 aromatic carbocycles. The highest BCUT2D eigenvalue weighted by Gasteiger charge is 2.12. The Morgan fingerprint density at radius 3 is 2.11 bits per heavy atom. The molecule has 0 saturated carbocycles. The summed E-state index contributed by atoms with van der Waals surface area (Å²) in [5, 5.41) is 2.44. The third-order valence-corrected chi connectivity index (χ3v) is 1.95. The van der Waals surface area contributed by atoms with Crippen molar-refractivity contribution in [2.45, 2.75) is 46.1 Å². The molecule has 0 fully saturated rings. The van der Waals surface area contributed by atoms with E-state index in [0.29, 0.717) is 13.0 Å². The predicted molar refractivity (Wildman–Crippen MR) is 79.1 cm³/mol. The van der Waals surface area contributed by atoms with Crippen LogP contribution in [0.5, 0.6) is 0 Å². The van der Waals surface area contributed by atoms with Gasteiger partial charge in [0.2, 0.25) is 5.91 Å². The predicted octanol–water partition coefficient (Wildman–Crippen LogP) is 0.623. The maximum Gasteiger partial charge on any atom is 0.237 e. The van der Waals surface area contributed by atoms with Gasteiger partial charge in [-0.25, -0.2) is 0 Å². The van der Waals surface area contributed by atoms with Gasteiger partial charge in [0.15, 0.2) is 5.52 Å². The zero-order valence-corrected chi connectivity index (χ0v) is 12.9.